The van der Waals surface area contributed by atoms with Gasteiger partial charge in [-0.05, 0) is 41.9 Å². The van der Waals surface area contributed by atoms with Crippen molar-refractivity contribution >= 4 is 14.1 Å². The van der Waals surface area contributed by atoms with E-state index in [2.05, 4.69) is 4.74 Å². The third-order valence-electron chi connectivity index (χ3n) is 3.61. The Morgan fingerprint density at radius 2 is 1.81 bits per heavy atom. The molecule has 21 heavy (non-hydrogen) atoms. The molecule has 0 radical (unpaired) electrons. The third kappa shape index (κ3) is 6.66. The molecule has 1 atom stereocenters. The second kappa shape index (κ2) is 8.00. The number of halogens is 3. The van der Waals surface area contributed by atoms with Crippen molar-refractivity contribution in [2.75, 3.05) is 6.61 Å². The Balaban J connectivity index is 1.57. The van der Waals surface area contributed by atoms with Gasteiger partial charge in [-0.25, -0.2) is 0 Å². The summed E-state index contributed by atoms with van der Waals surface area (Å²) < 4.78 is 45.4. The van der Waals surface area contributed by atoms with Gasteiger partial charge in [0, 0.05) is 8.81 Å². The van der Waals surface area contributed by atoms with Crippen molar-refractivity contribution in [3.63, 3.8) is 0 Å². The number of hydrogen-bond donors (Lipinski definition) is 0. The van der Waals surface area contributed by atoms with Crippen LogP contribution in [0.3, 0.4) is 0 Å². The smallest absolute Gasteiger partial charge is 0.406 e. The highest BCUT2D eigenvalue weighted by molar-refractivity contribution is 7.41. The SMILES string of the molecule is FC(F)(F)Oc1ccc(POCCCCC2CCC2)cc1. The van der Waals surface area contributed by atoms with Gasteiger partial charge in [0.05, 0.1) is 6.61 Å². The third-order valence-corrected chi connectivity index (χ3v) is 4.53. The van der Waals surface area contributed by atoms with E-state index in [1.165, 1.54) is 44.2 Å². The summed E-state index contributed by atoms with van der Waals surface area (Å²) in [7, 11) is 0.172. The first-order valence-electron chi connectivity index (χ1n) is 7.26. The van der Waals surface area contributed by atoms with Crippen LogP contribution in [0.4, 0.5) is 13.2 Å². The first kappa shape index (κ1) is 16.6. The van der Waals surface area contributed by atoms with Crippen molar-refractivity contribution in [3.8, 4) is 5.75 Å². The molecule has 2 rings (SSSR count). The minimum absolute atomic E-state index is 0.172. The zero-order valence-electron chi connectivity index (χ0n) is 11.8. The number of ether oxygens (including phenoxy) is 1. The van der Waals surface area contributed by atoms with E-state index in [0.717, 1.165) is 17.6 Å². The predicted molar refractivity (Wildman–Crippen MR) is 78.2 cm³/mol. The summed E-state index contributed by atoms with van der Waals surface area (Å²) in [6.45, 7) is 0.714. The van der Waals surface area contributed by atoms with E-state index < -0.39 is 6.36 Å². The summed E-state index contributed by atoms with van der Waals surface area (Å²) in [5.41, 5.74) is 0. The maximum atomic E-state index is 12.0. The Hall–Kier alpha value is -0.800. The van der Waals surface area contributed by atoms with E-state index in [9.17, 15) is 13.2 Å². The molecule has 0 bridgehead atoms. The van der Waals surface area contributed by atoms with Gasteiger partial charge in [-0.15, -0.1) is 13.2 Å². The van der Waals surface area contributed by atoms with E-state index in [-0.39, 0.29) is 14.6 Å². The van der Waals surface area contributed by atoms with Crippen molar-refractivity contribution in [2.45, 2.75) is 44.9 Å². The van der Waals surface area contributed by atoms with E-state index in [1.807, 2.05) is 0 Å². The van der Waals surface area contributed by atoms with E-state index in [1.54, 1.807) is 12.1 Å². The highest BCUT2D eigenvalue weighted by Crippen LogP contribution is 2.31. The number of hydrogen-bond acceptors (Lipinski definition) is 2. The van der Waals surface area contributed by atoms with Crippen LogP contribution >= 0.6 is 8.81 Å². The number of benzene rings is 1. The Bertz CT molecular complexity index is 416. The van der Waals surface area contributed by atoms with Gasteiger partial charge < -0.3 is 9.26 Å². The molecular formula is C15H20F3O2P. The molecule has 0 amide bonds. The molecule has 6 heteroatoms. The van der Waals surface area contributed by atoms with Crippen LogP contribution in [-0.2, 0) is 4.52 Å². The zero-order valence-corrected chi connectivity index (χ0v) is 12.8. The van der Waals surface area contributed by atoms with Gasteiger partial charge in [0.1, 0.15) is 5.75 Å². The molecule has 0 heterocycles. The lowest BCUT2D eigenvalue weighted by Crippen LogP contribution is -2.17. The minimum Gasteiger partial charge on any atom is -0.406 e. The number of unbranched alkanes of at least 4 members (excludes halogenated alkanes) is 1. The van der Waals surface area contributed by atoms with Gasteiger partial charge in [-0.1, -0.05) is 32.1 Å². The first-order valence-corrected chi connectivity index (χ1v) is 8.17. The van der Waals surface area contributed by atoms with Gasteiger partial charge >= 0.3 is 6.36 Å². The first-order chi connectivity index (χ1) is 10.0. The molecule has 1 aromatic carbocycles. The summed E-state index contributed by atoms with van der Waals surface area (Å²) in [4.78, 5) is 0. The zero-order chi connectivity index (χ0) is 15.1. The van der Waals surface area contributed by atoms with E-state index >= 15 is 0 Å². The fourth-order valence-electron chi connectivity index (χ4n) is 2.25. The van der Waals surface area contributed by atoms with Crippen LogP contribution in [0.2, 0.25) is 0 Å². The second-order valence-corrected chi connectivity index (χ2v) is 6.39. The summed E-state index contributed by atoms with van der Waals surface area (Å²) in [6.07, 6.45) is 3.07. The maximum absolute atomic E-state index is 12.0. The fourth-order valence-corrected chi connectivity index (χ4v) is 2.96. The molecule has 0 spiro atoms. The van der Waals surface area contributed by atoms with E-state index in [4.69, 9.17) is 4.52 Å². The van der Waals surface area contributed by atoms with Crippen molar-refractivity contribution in [1.29, 1.82) is 0 Å². The highest BCUT2D eigenvalue weighted by Gasteiger charge is 2.30. The largest absolute Gasteiger partial charge is 0.573 e. The molecule has 1 fully saturated rings. The van der Waals surface area contributed by atoms with Gasteiger partial charge in [0.25, 0.3) is 0 Å². The Morgan fingerprint density at radius 1 is 1.10 bits per heavy atom. The lowest BCUT2D eigenvalue weighted by molar-refractivity contribution is -0.274. The molecular weight excluding hydrogens is 300 g/mol. The van der Waals surface area contributed by atoms with Crippen LogP contribution < -0.4 is 10.0 Å². The molecule has 1 aliphatic rings. The lowest BCUT2D eigenvalue weighted by atomic mass is 9.82. The summed E-state index contributed by atoms with van der Waals surface area (Å²) in [5.74, 6) is 0.741. The van der Waals surface area contributed by atoms with Crippen molar-refractivity contribution in [3.05, 3.63) is 24.3 Å². The number of alkyl halides is 3. The van der Waals surface area contributed by atoms with E-state index in [0.29, 0.717) is 6.61 Å². The van der Waals surface area contributed by atoms with Gasteiger partial charge in [0.2, 0.25) is 0 Å². The summed E-state index contributed by atoms with van der Waals surface area (Å²) in [6, 6.07) is 5.84. The Morgan fingerprint density at radius 3 is 2.38 bits per heavy atom. The molecule has 1 unspecified atom stereocenters. The molecule has 118 valence electrons. The molecule has 0 aromatic heterocycles. The average Bonchev–Trinajstić information content (AvgIpc) is 2.36. The molecule has 0 saturated heterocycles. The van der Waals surface area contributed by atoms with Crippen LogP contribution in [0.25, 0.3) is 0 Å². The van der Waals surface area contributed by atoms with Crippen LogP contribution in [0.15, 0.2) is 24.3 Å². The quantitative estimate of drug-likeness (QED) is 0.506. The van der Waals surface area contributed by atoms with Gasteiger partial charge in [-0.2, -0.15) is 0 Å². The van der Waals surface area contributed by atoms with Crippen LogP contribution in [0, 0.1) is 5.92 Å². The van der Waals surface area contributed by atoms with Crippen LogP contribution in [-0.4, -0.2) is 13.0 Å². The van der Waals surface area contributed by atoms with Crippen molar-refractivity contribution < 1.29 is 22.4 Å². The Kier molecular flexibility index (Phi) is 6.31. The normalized spacial score (nSPS) is 16.3. The maximum Gasteiger partial charge on any atom is 0.573 e. The fraction of sp³-hybridized carbons (Fsp3) is 0.600. The topological polar surface area (TPSA) is 18.5 Å². The monoisotopic (exact) mass is 320 g/mol. The average molecular weight is 320 g/mol. The standard InChI is InChI=1S/C15H20F3O2P/c16-15(17,18)20-13-7-9-14(10-8-13)21-19-11-2-1-4-12-5-3-6-12/h7-10,12,21H,1-6,11H2. The molecule has 1 aromatic rings. The minimum atomic E-state index is -4.64. The number of rotatable bonds is 8. The second-order valence-electron chi connectivity index (χ2n) is 5.32. The molecule has 1 saturated carbocycles. The van der Waals surface area contributed by atoms with Crippen molar-refractivity contribution in [2.24, 2.45) is 5.92 Å². The molecule has 0 N–H and O–H groups in total. The summed E-state index contributed by atoms with van der Waals surface area (Å²) >= 11 is 0. The molecule has 0 aliphatic heterocycles. The van der Waals surface area contributed by atoms with Gasteiger partial charge in [0.15, 0.2) is 0 Å². The lowest BCUT2D eigenvalue weighted by Gasteiger charge is -2.24. The van der Waals surface area contributed by atoms with Gasteiger partial charge in [-0.3, -0.25) is 0 Å². The highest BCUT2D eigenvalue weighted by atomic mass is 31.1. The predicted octanol–water partition coefficient (Wildman–Crippen LogP) is 4.79. The molecule has 1 aliphatic carbocycles. The van der Waals surface area contributed by atoms with Crippen molar-refractivity contribution in [1.82, 2.24) is 0 Å². The summed E-state index contributed by atoms with van der Waals surface area (Å²) in [5, 5.41) is 0.878. The molecule has 2 nitrogen and oxygen atoms in total. The van der Waals surface area contributed by atoms with Crippen LogP contribution in [0.1, 0.15) is 38.5 Å². The van der Waals surface area contributed by atoms with Crippen LogP contribution in [0.5, 0.6) is 5.75 Å². The Labute approximate surface area is 124 Å².